The van der Waals surface area contributed by atoms with Crippen LogP contribution in [0.25, 0.3) is 0 Å². The van der Waals surface area contributed by atoms with Gasteiger partial charge in [-0.3, -0.25) is 10.1 Å². The number of carbonyl (C=O) groups excluding carboxylic acids is 2. The number of rotatable bonds is 3. The summed E-state index contributed by atoms with van der Waals surface area (Å²) in [6, 6.07) is 7.42. The van der Waals surface area contributed by atoms with Crippen LogP contribution in [0.3, 0.4) is 0 Å². The lowest BCUT2D eigenvalue weighted by Gasteiger charge is -2.28. The Labute approximate surface area is 122 Å². The number of amides is 3. The van der Waals surface area contributed by atoms with E-state index >= 15 is 0 Å². The van der Waals surface area contributed by atoms with Crippen molar-refractivity contribution in [1.29, 1.82) is 0 Å². The van der Waals surface area contributed by atoms with Crippen molar-refractivity contribution in [2.24, 2.45) is 5.10 Å². The molecule has 7 heteroatoms. The third-order valence-electron chi connectivity index (χ3n) is 3.39. The molecule has 0 aliphatic carbocycles. The van der Waals surface area contributed by atoms with Crippen molar-refractivity contribution in [3.05, 3.63) is 29.8 Å². The molecule has 3 amide bonds. The van der Waals surface area contributed by atoms with E-state index in [1.807, 2.05) is 24.3 Å². The normalized spacial score (nSPS) is 19.4. The monoisotopic (exact) mass is 288 g/mol. The minimum atomic E-state index is -0.485. The number of hydrogen-bond acceptors (Lipinski definition) is 5. The fraction of sp³-hybridized carbons (Fsp3) is 0.357. The molecule has 0 saturated carbocycles. The van der Waals surface area contributed by atoms with Gasteiger partial charge in [0.05, 0.1) is 19.4 Å². The average Bonchev–Trinajstić information content (AvgIpc) is 2.84. The van der Waals surface area contributed by atoms with Crippen LogP contribution in [0, 0.1) is 0 Å². The standard InChI is InChI=1S/C14H16N4O3/c19-13-10-18(14(20)16-13)15-9-11-1-3-12(4-2-11)17-5-7-21-8-6-17/h1-4,9H,5-8,10H2,(H,16,19,20)/b15-9+. The molecule has 110 valence electrons. The van der Waals surface area contributed by atoms with E-state index < -0.39 is 6.03 Å². The predicted octanol–water partition coefficient (Wildman–Crippen LogP) is 0.409. The summed E-state index contributed by atoms with van der Waals surface area (Å²) in [4.78, 5) is 24.6. The van der Waals surface area contributed by atoms with E-state index in [1.54, 1.807) is 6.21 Å². The molecule has 2 fully saturated rings. The van der Waals surface area contributed by atoms with Gasteiger partial charge in [-0.15, -0.1) is 0 Å². The first-order valence-electron chi connectivity index (χ1n) is 6.80. The van der Waals surface area contributed by atoms with E-state index in [-0.39, 0.29) is 12.5 Å². The minimum Gasteiger partial charge on any atom is -0.378 e. The fourth-order valence-corrected chi connectivity index (χ4v) is 2.25. The number of urea groups is 1. The summed E-state index contributed by atoms with van der Waals surface area (Å²) in [6.45, 7) is 3.26. The number of hydrogen-bond donors (Lipinski definition) is 1. The molecule has 3 rings (SSSR count). The van der Waals surface area contributed by atoms with Gasteiger partial charge in [0.1, 0.15) is 6.54 Å². The Morgan fingerprint density at radius 3 is 2.48 bits per heavy atom. The molecule has 2 heterocycles. The van der Waals surface area contributed by atoms with Crippen molar-refractivity contribution in [3.63, 3.8) is 0 Å². The Balaban J connectivity index is 1.64. The smallest absolute Gasteiger partial charge is 0.344 e. The number of imide groups is 1. The average molecular weight is 288 g/mol. The summed E-state index contributed by atoms with van der Waals surface area (Å²) >= 11 is 0. The van der Waals surface area contributed by atoms with Crippen molar-refractivity contribution in [3.8, 4) is 0 Å². The quantitative estimate of drug-likeness (QED) is 0.646. The van der Waals surface area contributed by atoms with Gasteiger partial charge in [-0.25, -0.2) is 9.80 Å². The van der Waals surface area contributed by atoms with Crippen molar-refractivity contribution in [2.45, 2.75) is 0 Å². The molecule has 0 radical (unpaired) electrons. The molecule has 0 atom stereocenters. The minimum absolute atomic E-state index is 0.0266. The molecular weight excluding hydrogens is 272 g/mol. The highest BCUT2D eigenvalue weighted by molar-refractivity contribution is 6.02. The lowest BCUT2D eigenvalue weighted by Crippen LogP contribution is -2.36. The van der Waals surface area contributed by atoms with Crippen LogP contribution in [0.2, 0.25) is 0 Å². The second-order valence-electron chi connectivity index (χ2n) is 4.85. The van der Waals surface area contributed by atoms with Crippen molar-refractivity contribution in [1.82, 2.24) is 10.3 Å². The SMILES string of the molecule is O=C1CN(/N=C/c2ccc(N3CCOCC3)cc2)C(=O)N1. The van der Waals surface area contributed by atoms with Crippen LogP contribution in [-0.2, 0) is 9.53 Å². The number of carbonyl (C=O) groups is 2. The second kappa shape index (κ2) is 5.92. The van der Waals surface area contributed by atoms with Crippen molar-refractivity contribution >= 4 is 23.8 Å². The number of benzene rings is 1. The first-order chi connectivity index (χ1) is 10.2. The van der Waals surface area contributed by atoms with E-state index in [4.69, 9.17) is 4.74 Å². The maximum atomic E-state index is 11.3. The van der Waals surface area contributed by atoms with E-state index in [0.717, 1.165) is 42.6 Å². The summed E-state index contributed by atoms with van der Waals surface area (Å²) in [5.41, 5.74) is 2.02. The molecule has 7 nitrogen and oxygen atoms in total. The van der Waals surface area contributed by atoms with Crippen molar-refractivity contribution in [2.75, 3.05) is 37.7 Å². The molecule has 0 bridgehead atoms. The lowest BCUT2D eigenvalue weighted by molar-refractivity contribution is -0.118. The highest BCUT2D eigenvalue weighted by Gasteiger charge is 2.25. The molecule has 0 aromatic heterocycles. The van der Waals surface area contributed by atoms with Gasteiger partial charge in [0, 0.05) is 18.8 Å². The van der Waals surface area contributed by atoms with Gasteiger partial charge in [-0.1, -0.05) is 12.1 Å². The molecule has 1 aromatic carbocycles. The molecular formula is C14H16N4O3. The highest BCUT2D eigenvalue weighted by Crippen LogP contribution is 2.16. The zero-order valence-corrected chi connectivity index (χ0v) is 11.5. The Morgan fingerprint density at radius 2 is 1.86 bits per heavy atom. The summed E-state index contributed by atoms with van der Waals surface area (Å²) in [5, 5.41) is 7.29. The molecule has 2 saturated heterocycles. The number of nitrogens with zero attached hydrogens (tertiary/aromatic N) is 3. The summed E-state index contributed by atoms with van der Waals surface area (Å²) < 4.78 is 5.33. The van der Waals surface area contributed by atoms with Crippen molar-refractivity contribution < 1.29 is 14.3 Å². The molecule has 0 spiro atoms. The summed E-state index contributed by atoms with van der Waals surface area (Å²) in [5.74, 6) is -0.334. The maximum Gasteiger partial charge on any atom is 0.344 e. The van der Waals surface area contributed by atoms with Gasteiger partial charge in [-0.2, -0.15) is 5.10 Å². The Morgan fingerprint density at radius 1 is 1.14 bits per heavy atom. The number of hydrazone groups is 1. The second-order valence-corrected chi connectivity index (χ2v) is 4.85. The largest absolute Gasteiger partial charge is 0.378 e. The molecule has 2 aliphatic heterocycles. The molecule has 2 aliphatic rings. The Kier molecular flexibility index (Phi) is 3.83. The number of nitrogens with one attached hydrogen (secondary N) is 1. The van der Waals surface area contributed by atoms with Gasteiger partial charge in [-0.05, 0) is 17.7 Å². The van der Waals surface area contributed by atoms with Gasteiger partial charge in [0.15, 0.2) is 0 Å². The van der Waals surface area contributed by atoms with Crippen LogP contribution in [0.5, 0.6) is 0 Å². The summed E-state index contributed by atoms with van der Waals surface area (Å²) in [7, 11) is 0. The van der Waals surface area contributed by atoms with Crippen LogP contribution >= 0.6 is 0 Å². The molecule has 1 aromatic rings. The zero-order chi connectivity index (χ0) is 14.7. The van der Waals surface area contributed by atoms with E-state index in [0.29, 0.717) is 0 Å². The first-order valence-corrected chi connectivity index (χ1v) is 6.80. The van der Waals surface area contributed by atoms with Crippen LogP contribution in [0.15, 0.2) is 29.4 Å². The Bertz CT molecular complexity index is 564. The van der Waals surface area contributed by atoms with Gasteiger partial charge < -0.3 is 9.64 Å². The zero-order valence-electron chi connectivity index (χ0n) is 11.5. The number of ether oxygens (including phenoxy) is 1. The van der Waals surface area contributed by atoms with E-state index in [2.05, 4.69) is 15.3 Å². The third kappa shape index (κ3) is 3.19. The Hall–Kier alpha value is -2.41. The molecule has 21 heavy (non-hydrogen) atoms. The van der Waals surface area contributed by atoms with E-state index in [1.165, 1.54) is 0 Å². The van der Waals surface area contributed by atoms with Crippen LogP contribution in [0.1, 0.15) is 5.56 Å². The molecule has 0 unspecified atom stereocenters. The summed E-state index contributed by atoms with van der Waals surface area (Å²) in [6.07, 6.45) is 1.57. The predicted molar refractivity (Wildman–Crippen MR) is 77.3 cm³/mol. The lowest BCUT2D eigenvalue weighted by atomic mass is 10.2. The number of morpholine rings is 1. The van der Waals surface area contributed by atoms with Crippen LogP contribution < -0.4 is 10.2 Å². The maximum absolute atomic E-state index is 11.3. The molecule has 1 N–H and O–H groups in total. The van der Waals surface area contributed by atoms with Gasteiger partial charge >= 0.3 is 6.03 Å². The number of anilines is 1. The topological polar surface area (TPSA) is 74.2 Å². The van der Waals surface area contributed by atoms with Crippen LogP contribution in [-0.4, -0.2) is 56.0 Å². The van der Waals surface area contributed by atoms with Gasteiger partial charge in [0.25, 0.3) is 0 Å². The first kappa shape index (κ1) is 13.6. The van der Waals surface area contributed by atoms with Crippen LogP contribution in [0.4, 0.5) is 10.5 Å². The third-order valence-corrected chi connectivity index (χ3v) is 3.39. The highest BCUT2D eigenvalue weighted by atomic mass is 16.5. The van der Waals surface area contributed by atoms with Gasteiger partial charge in [0.2, 0.25) is 5.91 Å². The van der Waals surface area contributed by atoms with E-state index in [9.17, 15) is 9.59 Å². The fourth-order valence-electron chi connectivity index (χ4n) is 2.25.